The molecule has 0 bridgehead atoms. The van der Waals surface area contributed by atoms with Crippen molar-refractivity contribution in [3.63, 3.8) is 0 Å². The minimum atomic E-state index is -0.359. The molecule has 0 atom stereocenters. The lowest BCUT2D eigenvalue weighted by Gasteiger charge is -2.40. The highest BCUT2D eigenvalue weighted by Crippen LogP contribution is 2.36. The van der Waals surface area contributed by atoms with E-state index >= 15 is 0 Å². The lowest BCUT2D eigenvalue weighted by Crippen LogP contribution is -2.42. The Balaban J connectivity index is 2.29. The average Bonchev–Trinajstić information content (AvgIpc) is 2.28. The number of ether oxygens (including phenoxy) is 1. The molecule has 0 radical (unpaired) electrons. The molecule has 0 amide bonds. The molecule has 0 aromatic heterocycles. The summed E-state index contributed by atoms with van der Waals surface area (Å²) in [6.45, 7) is 2.16. The molecule has 1 aromatic rings. The van der Waals surface area contributed by atoms with Gasteiger partial charge in [-0.2, -0.15) is 0 Å². The maximum absolute atomic E-state index is 11.7. The van der Waals surface area contributed by atoms with Gasteiger partial charge >= 0.3 is 5.97 Å². The summed E-state index contributed by atoms with van der Waals surface area (Å²) in [5.74, 6) is -0.359. The van der Waals surface area contributed by atoms with Gasteiger partial charge in [0, 0.05) is 16.9 Å². The highest BCUT2D eigenvalue weighted by Gasteiger charge is 2.32. The van der Waals surface area contributed by atoms with E-state index in [-0.39, 0.29) is 11.5 Å². The Morgan fingerprint density at radius 2 is 2.18 bits per heavy atom. The monoisotopic (exact) mass is 234 g/mol. The predicted molar refractivity (Wildman–Crippen MR) is 68.1 cm³/mol. The number of nitrogens with two attached hydrogens (primary N) is 1. The van der Waals surface area contributed by atoms with E-state index in [0.29, 0.717) is 11.3 Å². The third-order valence-electron chi connectivity index (χ3n) is 3.34. The van der Waals surface area contributed by atoms with Crippen LogP contribution in [0.1, 0.15) is 36.5 Å². The minimum absolute atomic E-state index is 0.0961. The van der Waals surface area contributed by atoms with Gasteiger partial charge in [-0.15, -0.1) is 0 Å². The summed E-state index contributed by atoms with van der Waals surface area (Å²) >= 11 is 0. The van der Waals surface area contributed by atoms with E-state index in [1.807, 2.05) is 6.07 Å². The first kappa shape index (κ1) is 11.8. The van der Waals surface area contributed by atoms with Gasteiger partial charge in [0.15, 0.2) is 0 Å². The second-order valence-corrected chi connectivity index (χ2v) is 4.84. The van der Waals surface area contributed by atoms with Crippen LogP contribution in [-0.2, 0) is 4.74 Å². The summed E-state index contributed by atoms with van der Waals surface area (Å²) in [7, 11) is 1.38. The van der Waals surface area contributed by atoms with Crippen LogP contribution in [0.3, 0.4) is 0 Å². The van der Waals surface area contributed by atoms with Gasteiger partial charge in [0.1, 0.15) is 0 Å². The first-order valence-corrected chi connectivity index (χ1v) is 5.80. The Morgan fingerprint density at radius 1 is 1.47 bits per heavy atom. The summed E-state index contributed by atoms with van der Waals surface area (Å²) < 4.78 is 4.76. The zero-order valence-electron chi connectivity index (χ0n) is 10.2. The van der Waals surface area contributed by atoms with Crippen LogP contribution in [-0.4, -0.2) is 18.6 Å². The van der Waals surface area contributed by atoms with Crippen LogP contribution in [0.4, 0.5) is 11.4 Å². The maximum Gasteiger partial charge on any atom is 0.340 e. The van der Waals surface area contributed by atoms with E-state index in [4.69, 9.17) is 10.5 Å². The lowest BCUT2D eigenvalue weighted by molar-refractivity contribution is 0.0601. The molecule has 0 aliphatic heterocycles. The molecule has 1 saturated carbocycles. The minimum Gasteiger partial charge on any atom is -0.465 e. The van der Waals surface area contributed by atoms with Crippen molar-refractivity contribution in [2.75, 3.05) is 18.2 Å². The van der Waals surface area contributed by atoms with Gasteiger partial charge in [0.2, 0.25) is 0 Å². The molecule has 0 unspecified atom stereocenters. The molecule has 3 N–H and O–H groups in total. The van der Waals surface area contributed by atoms with Crippen LogP contribution in [0.2, 0.25) is 0 Å². The van der Waals surface area contributed by atoms with Crippen molar-refractivity contribution in [3.05, 3.63) is 23.8 Å². The number of nitrogen functional groups attached to an aromatic ring is 1. The quantitative estimate of drug-likeness (QED) is 0.622. The maximum atomic E-state index is 11.7. The molecule has 1 fully saturated rings. The van der Waals surface area contributed by atoms with Crippen LogP contribution in [0, 0.1) is 0 Å². The van der Waals surface area contributed by atoms with Crippen molar-refractivity contribution < 1.29 is 9.53 Å². The molecule has 4 nitrogen and oxygen atoms in total. The van der Waals surface area contributed by atoms with Gasteiger partial charge in [-0.3, -0.25) is 0 Å². The predicted octanol–water partition coefficient (Wildman–Crippen LogP) is 2.41. The second kappa shape index (κ2) is 4.28. The van der Waals surface area contributed by atoms with E-state index in [1.165, 1.54) is 13.5 Å². The first-order valence-electron chi connectivity index (χ1n) is 5.80. The van der Waals surface area contributed by atoms with E-state index < -0.39 is 0 Å². The molecule has 17 heavy (non-hydrogen) atoms. The number of esters is 1. The summed E-state index contributed by atoms with van der Waals surface area (Å²) in [5.41, 5.74) is 7.66. The Hall–Kier alpha value is -1.71. The number of nitrogens with one attached hydrogen (secondary N) is 1. The fraction of sp³-hybridized carbons (Fsp3) is 0.462. The SMILES string of the molecule is COC(=O)c1cc(N)ccc1NC1(C)CCC1. The molecule has 92 valence electrons. The van der Waals surface area contributed by atoms with E-state index in [1.54, 1.807) is 12.1 Å². The Kier molecular flexibility index (Phi) is 2.96. The van der Waals surface area contributed by atoms with Gasteiger partial charge in [-0.25, -0.2) is 4.79 Å². The van der Waals surface area contributed by atoms with Gasteiger partial charge < -0.3 is 15.8 Å². The number of rotatable bonds is 3. The summed E-state index contributed by atoms with van der Waals surface area (Å²) in [5, 5.41) is 3.41. The van der Waals surface area contributed by atoms with Gasteiger partial charge in [-0.1, -0.05) is 0 Å². The summed E-state index contributed by atoms with van der Waals surface area (Å²) in [6, 6.07) is 5.28. The number of carbonyl (C=O) groups is 1. The Morgan fingerprint density at radius 3 is 2.71 bits per heavy atom. The summed E-state index contributed by atoms with van der Waals surface area (Å²) in [4.78, 5) is 11.7. The van der Waals surface area contributed by atoms with Crippen LogP contribution in [0.15, 0.2) is 18.2 Å². The number of carbonyl (C=O) groups excluding carboxylic acids is 1. The van der Waals surface area contributed by atoms with Gasteiger partial charge in [0.25, 0.3) is 0 Å². The average molecular weight is 234 g/mol. The molecular formula is C13H18N2O2. The Labute approximate surface area is 101 Å². The van der Waals surface area contributed by atoms with Crippen LogP contribution >= 0.6 is 0 Å². The largest absolute Gasteiger partial charge is 0.465 e. The van der Waals surface area contributed by atoms with Crippen molar-refractivity contribution in [1.29, 1.82) is 0 Å². The zero-order chi connectivity index (χ0) is 12.5. The second-order valence-electron chi connectivity index (χ2n) is 4.84. The number of methoxy groups -OCH3 is 1. The van der Waals surface area contributed by atoms with Crippen molar-refractivity contribution in [2.45, 2.75) is 31.7 Å². The normalized spacial score (nSPS) is 17.1. The van der Waals surface area contributed by atoms with Crippen molar-refractivity contribution >= 4 is 17.3 Å². The van der Waals surface area contributed by atoms with Crippen molar-refractivity contribution in [3.8, 4) is 0 Å². The number of anilines is 2. The molecule has 1 aromatic carbocycles. The molecule has 2 rings (SSSR count). The number of benzene rings is 1. The zero-order valence-corrected chi connectivity index (χ0v) is 10.2. The third-order valence-corrected chi connectivity index (χ3v) is 3.34. The number of hydrogen-bond acceptors (Lipinski definition) is 4. The molecular weight excluding hydrogens is 216 g/mol. The molecule has 0 saturated heterocycles. The first-order chi connectivity index (χ1) is 8.04. The molecule has 1 aliphatic carbocycles. The highest BCUT2D eigenvalue weighted by atomic mass is 16.5. The van der Waals surface area contributed by atoms with E-state index in [9.17, 15) is 4.79 Å². The summed E-state index contributed by atoms with van der Waals surface area (Å²) in [6.07, 6.45) is 3.47. The highest BCUT2D eigenvalue weighted by molar-refractivity contribution is 5.96. The third kappa shape index (κ3) is 2.35. The number of hydrogen-bond donors (Lipinski definition) is 2. The van der Waals surface area contributed by atoms with Crippen LogP contribution < -0.4 is 11.1 Å². The van der Waals surface area contributed by atoms with Crippen LogP contribution in [0.5, 0.6) is 0 Å². The molecule has 0 heterocycles. The topological polar surface area (TPSA) is 64.3 Å². The molecule has 4 heteroatoms. The van der Waals surface area contributed by atoms with Crippen molar-refractivity contribution in [1.82, 2.24) is 0 Å². The van der Waals surface area contributed by atoms with E-state index in [0.717, 1.165) is 18.5 Å². The smallest absolute Gasteiger partial charge is 0.340 e. The van der Waals surface area contributed by atoms with Crippen LogP contribution in [0.25, 0.3) is 0 Å². The standard InChI is InChI=1S/C13H18N2O2/c1-13(6-3-7-13)15-11-5-4-9(14)8-10(11)12(16)17-2/h4-5,8,15H,3,6-7,14H2,1-2H3. The van der Waals surface area contributed by atoms with Gasteiger partial charge in [0.05, 0.1) is 12.7 Å². The van der Waals surface area contributed by atoms with Gasteiger partial charge in [-0.05, 0) is 44.4 Å². The fourth-order valence-corrected chi connectivity index (χ4v) is 2.11. The Bertz CT molecular complexity index is 439. The molecule has 0 spiro atoms. The fourth-order valence-electron chi connectivity index (χ4n) is 2.11. The van der Waals surface area contributed by atoms with Crippen molar-refractivity contribution in [2.24, 2.45) is 0 Å². The lowest BCUT2D eigenvalue weighted by atomic mass is 9.78. The molecule has 1 aliphatic rings. The van der Waals surface area contributed by atoms with E-state index in [2.05, 4.69) is 12.2 Å².